The van der Waals surface area contributed by atoms with Crippen LogP contribution in [0, 0.1) is 0 Å². The van der Waals surface area contributed by atoms with Gasteiger partial charge in [0.1, 0.15) is 6.04 Å². The number of carbonyl (C=O) groups is 1. The van der Waals surface area contributed by atoms with Crippen molar-refractivity contribution in [2.45, 2.75) is 45.4 Å². The first kappa shape index (κ1) is 20.4. The molecule has 0 aliphatic carbocycles. The predicted octanol–water partition coefficient (Wildman–Crippen LogP) is 2.41. The number of carbonyl (C=O) groups excluding carboxylic acids is 1. The van der Waals surface area contributed by atoms with Crippen molar-refractivity contribution in [1.82, 2.24) is 20.4 Å². The monoisotopic (exact) mass is 378 g/mol. The van der Waals surface area contributed by atoms with Crippen LogP contribution >= 0.6 is 12.4 Å². The number of ether oxygens (including phenoxy) is 1. The second-order valence-electron chi connectivity index (χ2n) is 6.70. The third kappa shape index (κ3) is 4.63. The highest BCUT2D eigenvalue weighted by molar-refractivity contribution is 5.85. The van der Waals surface area contributed by atoms with Crippen molar-refractivity contribution >= 4 is 18.3 Å². The number of hydrogen-bond donors (Lipinski definition) is 2. The Morgan fingerprint density at radius 2 is 2.12 bits per heavy atom. The number of amides is 1. The zero-order valence-corrected chi connectivity index (χ0v) is 16.3. The summed E-state index contributed by atoms with van der Waals surface area (Å²) in [6, 6.07) is 9.69. The van der Waals surface area contributed by atoms with Gasteiger partial charge in [-0.05, 0) is 25.0 Å². The molecule has 26 heavy (non-hydrogen) atoms. The highest BCUT2D eigenvalue weighted by Crippen LogP contribution is 2.20. The van der Waals surface area contributed by atoms with E-state index in [-0.39, 0.29) is 36.4 Å². The molecule has 0 bridgehead atoms. The fourth-order valence-corrected chi connectivity index (χ4v) is 3.08. The predicted molar refractivity (Wildman–Crippen MR) is 104 cm³/mol. The van der Waals surface area contributed by atoms with Crippen LogP contribution in [0.15, 0.2) is 36.5 Å². The van der Waals surface area contributed by atoms with Crippen LogP contribution < -0.4 is 10.6 Å². The minimum absolute atomic E-state index is 0. The Morgan fingerprint density at radius 3 is 2.77 bits per heavy atom. The molecule has 1 amide bonds. The highest BCUT2D eigenvalue weighted by Gasteiger charge is 2.28. The van der Waals surface area contributed by atoms with E-state index < -0.39 is 0 Å². The number of nitrogens with one attached hydrogen (secondary N) is 2. The van der Waals surface area contributed by atoms with Gasteiger partial charge in [-0.3, -0.25) is 4.79 Å². The molecule has 6 nitrogen and oxygen atoms in total. The second-order valence-corrected chi connectivity index (χ2v) is 6.70. The average molecular weight is 379 g/mol. The molecular formula is C19H27ClN4O2. The van der Waals surface area contributed by atoms with Gasteiger partial charge in [0.05, 0.1) is 24.1 Å². The summed E-state index contributed by atoms with van der Waals surface area (Å²) in [4.78, 5) is 12.5. The summed E-state index contributed by atoms with van der Waals surface area (Å²) in [5.74, 6) is 0.251. The lowest BCUT2D eigenvalue weighted by molar-refractivity contribution is -0.129. The van der Waals surface area contributed by atoms with E-state index in [1.54, 1.807) is 0 Å². The van der Waals surface area contributed by atoms with E-state index in [4.69, 9.17) is 9.84 Å². The number of halogens is 1. The molecule has 1 aromatic carbocycles. The Morgan fingerprint density at radius 1 is 1.38 bits per heavy atom. The van der Waals surface area contributed by atoms with Crippen LogP contribution in [0.2, 0.25) is 0 Å². The SMILES string of the molecule is CC(C)c1nn(-c2ccccc2)cc1CNC(=O)[C@H]1NCCO[C@@H]1C.Cl. The summed E-state index contributed by atoms with van der Waals surface area (Å²) >= 11 is 0. The fourth-order valence-electron chi connectivity index (χ4n) is 3.08. The van der Waals surface area contributed by atoms with Crippen LogP contribution in [-0.2, 0) is 16.1 Å². The van der Waals surface area contributed by atoms with E-state index in [9.17, 15) is 4.79 Å². The van der Waals surface area contributed by atoms with Gasteiger partial charge in [0, 0.05) is 24.8 Å². The molecule has 2 aromatic rings. The standard InChI is InChI=1S/C19H26N4O2.ClH/c1-13(2)17-15(12-23(22-17)16-7-5-4-6-8-16)11-21-19(24)18-14(3)25-10-9-20-18;/h4-8,12-14,18,20H,9-11H2,1-3H3,(H,21,24);1H/t14-,18+;/m1./s1. The molecule has 0 spiro atoms. The maximum atomic E-state index is 12.5. The fraction of sp³-hybridized carbons (Fsp3) is 0.474. The summed E-state index contributed by atoms with van der Waals surface area (Å²) < 4.78 is 7.42. The van der Waals surface area contributed by atoms with Gasteiger partial charge in [-0.15, -0.1) is 12.4 Å². The van der Waals surface area contributed by atoms with Crippen LogP contribution in [-0.4, -0.2) is 41.0 Å². The topological polar surface area (TPSA) is 68.2 Å². The summed E-state index contributed by atoms with van der Waals surface area (Å²) in [6.45, 7) is 7.95. The summed E-state index contributed by atoms with van der Waals surface area (Å²) in [7, 11) is 0. The maximum Gasteiger partial charge on any atom is 0.240 e. The van der Waals surface area contributed by atoms with E-state index in [1.165, 1.54) is 0 Å². The van der Waals surface area contributed by atoms with Gasteiger partial charge in [0.2, 0.25) is 5.91 Å². The molecule has 2 heterocycles. The minimum Gasteiger partial charge on any atom is -0.375 e. The van der Waals surface area contributed by atoms with E-state index in [1.807, 2.05) is 48.1 Å². The zero-order valence-electron chi connectivity index (χ0n) is 15.4. The number of benzene rings is 1. The van der Waals surface area contributed by atoms with Crippen molar-refractivity contribution in [3.05, 3.63) is 47.8 Å². The minimum atomic E-state index is -0.305. The van der Waals surface area contributed by atoms with Crippen LogP contribution in [0.4, 0.5) is 0 Å². The molecule has 1 saturated heterocycles. The summed E-state index contributed by atoms with van der Waals surface area (Å²) in [6.07, 6.45) is 1.88. The van der Waals surface area contributed by atoms with Crippen LogP contribution in [0.3, 0.4) is 0 Å². The van der Waals surface area contributed by atoms with Gasteiger partial charge in [0.15, 0.2) is 0 Å². The number of morpholine rings is 1. The summed E-state index contributed by atoms with van der Waals surface area (Å²) in [5, 5.41) is 11.0. The molecule has 0 radical (unpaired) electrons. The molecule has 1 aliphatic rings. The van der Waals surface area contributed by atoms with Crippen molar-refractivity contribution in [3.8, 4) is 5.69 Å². The molecular weight excluding hydrogens is 352 g/mol. The van der Waals surface area contributed by atoms with Gasteiger partial charge < -0.3 is 15.4 Å². The quantitative estimate of drug-likeness (QED) is 0.838. The van der Waals surface area contributed by atoms with E-state index in [2.05, 4.69) is 24.5 Å². The van der Waals surface area contributed by atoms with Crippen LogP contribution in [0.1, 0.15) is 37.9 Å². The first-order valence-corrected chi connectivity index (χ1v) is 8.83. The Labute approximate surface area is 160 Å². The van der Waals surface area contributed by atoms with Gasteiger partial charge in [0.25, 0.3) is 0 Å². The first-order valence-electron chi connectivity index (χ1n) is 8.83. The molecule has 0 unspecified atom stereocenters. The van der Waals surface area contributed by atoms with Crippen molar-refractivity contribution < 1.29 is 9.53 Å². The maximum absolute atomic E-state index is 12.5. The van der Waals surface area contributed by atoms with Crippen molar-refractivity contribution in [3.63, 3.8) is 0 Å². The van der Waals surface area contributed by atoms with Crippen molar-refractivity contribution in [2.24, 2.45) is 0 Å². The molecule has 1 aliphatic heterocycles. The number of aromatic nitrogens is 2. The van der Waals surface area contributed by atoms with Gasteiger partial charge >= 0.3 is 0 Å². The summed E-state index contributed by atoms with van der Waals surface area (Å²) in [5.41, 5.74) is 3.06. The smallest absolute Gasteiger partial charge is 0.240 e. The lowest BCUT2D eigenvalue weighted by Crippen LogP contribution is -2.55. The van der Waals surface area contributed by atoms with Crippen molar-refractivity contribution in [2.75, 3.05) is 13.2 Å². The third-order valence-electron chi connectivity index (χ3n) is 4.44. The van der Waals surface area contributed by atoms with E-state index in [0.717, 1.165) is 16.9 Å². The first-order chi connectivity index (χ1) is 12.1. The number of hydrogen-bond acceptors (Lipinski definition) is 4. The van der Waals surface area contributed by atoms with Gasteiger partial charge in [-0.2, -0.15) is 5.10 Å². The van der Waals surface area contributed by atoms with E-state index in [0.29, 0.717) is 19.7 Å². The lowest BCUT2D eigenvalue weighted by Gasteiger charge is -2.29. The molecule has 1 aromatic heterocycles. The van der Waals surface area contributed by atoms with E-state index >= 15 is 0 Å². The van der Waals surface area contributed by atoms with Crippen LogP contribution in [0.5, 0.6) is 0 Å². The number of nitrogens with zero attached hydrogens (tertiary/aromatic N) is 2. The number of rotatable bonds is 5. The highest BCUT2D eigenvalue weighted by atomic mass is 35.5. The Balaban J connectivity index is 0.00000243. The Bertz CT molecular complexity index is 718. The normalized spacial score (nSPS) is 19.8. The van der Waals surface area contributed by atoms with Gasteiger partial charge in [-0.1, -0.05) is 32.0 Å². The average Bonchev–Trinajstić information content (AvgIpc) is 3.05. The third-order valence-corrected chi connectivity index (χ3v) is 4.44. The largest absolute Gasteiger partial charge is 0.375 e. The molecule has 2 atom stereocenters. The molecule has 3 rings (SSSR count). The van der Waals surface area contributed by atoms with Crippen molar-refractivity contribution in [1.29, 1.82) is 0 Å². The molecule has 1 fully saturated rings. The Kier molecular flexibility index (Phi) is 7.20. The molecule has 2 N–H and O–H groups in total. The molecule has 0 saturated carbocycles. The molecule has 7 heteroatoms. The molecule has 142 valence electrons. The van der Waals surface area contributed by atoms with Crippen LogP contribution in [0.25, 0.3) is 5.69 Å². The second kappa shape index (κ2) is 9.16. The number of para-hydroxylation sites is 1. The van der Waals surface area contributed by atoms with Gasteiger partial charge in [-0.25, -0.2) is 4.68 Å². The lowest BCUT2D eigenvalue weighted by atomic mass is 10.1. The Hall–Kier alpha value is -1.89. The zero-order chi connectivity index (χ0) is 17.8.